The third-order valence-corrected chi connectivity index (χ3v) is 3.73. The van der Waals surface area contributed by atoms with Gasteiger partial charge in [-0.3, -0.25) is 4.68 Å². The first-order valence-corrected chi connectivity index (χ1v) is 7.49. The van der Waals surface area contributed by atoms with E-state index >= 15 is 0 Å². The number of nitrogens with one attached hydrogen (secondary N) is 1. The predicted molar refractivity (Wildman–Crippen MR) is 83.5 cm³/mol. The van der Waals surface area contributed by atoms with Gasteiger partial charge in [-0.2, -0.15) is 5.10 Å². The van der Waals surface area contributed by atoms with Crippen LogP contribution in [0.2, 0.25) is 0 Å². The standard InChI is InChI=1S/C15H20BrN3/c1-4-13-9-14(19(5-2)18-13)10-17-15-8-12(16)7-6-11(15)3/h6-9,17H,4-5,10H2,1-3H3. The summed E-state index contributed by atoms with van der Waals surface area (Å²) in [6, 6.07) is 8.47. The van der Waals surface area contributed by atoms with Gasteiger partial charge < -0.3 is 5.32 Å². The smallest absolute Gasteiger partial charge is 0.0625 e. The van der Waals surface area contributed by atoms with Gasteiger partial charge in [0, 0.05) is 16.7 Å². The summed E-state index contributed by atoms with van der Waals surface area (Å²) < 4.78 is 3.16. The van der Waals surface area contributed by atoms with E-state index < -0.39 is 0 Å². The molecule has 1 heterocycles. The quantitative estimate of drug-likeness (QED) is 0.896. The van der Waals surface area contributed by atoms with Crippen LogP contribution in [0, 0.1) is 6.92 Å². The molecule has 1 aromatic carbocycles. The molecule has 0 saturated heterocycles. The van der Waals surface area contributed by atoms with Crippen molar-refractivity contribution in [3.63, 3.8) is 0 Å². The lowest BCUT2D eigenvalue weighted by molar-refractivity contribution is 0.619. The molecular formula is C15H20BrN3. The van der Waals surface area contributed by atoms with Gasteiger partial charge in [-0.1, -0.05) is 28.9 Å². The Morgan fingerprint density at radius 2 is 2.05 bits per heavy atom. The molecule has 2 rings (SSSR count). The number of anilines is 1. The van der Waals surface area contributed by atoms with Gasteiger partial charge in [-0.25, -0.2) is 0 Å². The van der Waals surface area contributed by atoms with Gasteiger partial charge in [-0.05, 0) is 44.0 Å². The first-order valence-electron chi connectivity index (χ1n) is 6.69. The summed E-state index contributed by atoms with van der Waals surface area (Å²) in [7, 11) is 0. The molecule has 0 bridgehead atoms. The van der Waals surface area contributed by atoms with Crippen molar-refractivity contribution < 1.29 is 0 Å². The third-order valence-electron chi connectivity index (χ3n) is 3.24. The van der Waals surface area contributed by atoms with Crippen LogP contribution in [0.5, 0.6) is 0 Å². The molecule has 1 N–H and O–H groups in total. The molecule has 102 valence electrons. The highest BCUT2D eigenvalue weighted by atomic mass is 79.9. The molecule has 0 fully saturated rings. The molecule has 0 radical (unpaired) electrons. The Morgan fingerprint density at radius 3 is 2.74 bits per heavy atom. The summed E-state index contributed by atoms with van der Waals surface area (Å²) >= 11 is 3.51. The zero-order valence-corrected chi connectivity index (χ0v) is 13.3. The highest BCUT2D eigenvalue weighted by Gasteiger charge is 2.06. The van der Waals surface area contributed by atoms with Crippen LogP contribution in [-0.4, -0.2) is 9.78 Å². The van der Waals surface area contributed by atoms with Crippen LogP contribution in [-0.2, 0) is 19.5 Å². The molecule has 2 aromatic rings. The van der Waals surface area contributed by atoms with Gasteiger partial charge in [-0.15, -0.1) is 0 Å². The fraction of sp³-hybridized carbons (Fsp3) is 0.400. The summed E-state index contributed by atoms with van der Waals surface area (Å²) in [6.45, 7) is 8.09. The Labute approximate surface area is 123 Å². The van der Waals surface area contributed by atoms with Crippen molar-refractivity contribution in [2.24, 2.45) is 0 Å². The topological polar surface area (TPSA) is 29.9 Å². The van der Waals surface area contributed by atoms with Gasteiger partial charge in [0.15, 0.2) is 0 Å². The first-order chi connectivity index (χ1) is 9.13. The summed E-state index contributed by atoms with van der Waals surface area (Å²) in [5, 5.41) is 8.06. The van der Waals surface area contributed by atoms with E-state index in [4.69, 9.17) is 0 Å². The van der Waals surface area contributed by atoms with Crippen molar-refractivity contribution >= 4 is 21.6 Å². The van der Waals surface area contributed by atoms with Crippen LogP contribution in [0.1, 0.15) is 30.8 Å². The Hall–Kier alpha value is -1.29. The number of nitrogens with zero attached hydrogens (tertiary/aromatic N) is 2. The number of hydrogen-bond donors (Lipinski definition) is 1. The van der Waals surface area contributed by atoms with Crippen molar-refractivity contribution in [2.75, 3.05) is 5.32 Å². The number of aryl methyl sites for hydroxylation is 3. The Morgan fingerprint density at radius 1 is 1.26 bits per heavy atom. The lowest BCUT2D eigenvalue weighted by Gasteiger charge is -2.11. The predicted octanol–water partition coefficient (Wildman–Crippen LogP) is 4.15. The van der Waals surface area contributed by atoms with E-state index in [1.807, 2.05) is 0 Å². The molecule has 0 saturated carbocycles. The van der Waals surface area contributed by atoms with Crippen LogP contribution >= 0.6 is 15.9 Å². The largest absolute Gasteiger partial charge is 0.379 e. The first kappa shape index (κ1) is 14.1. The van der Waals surface area contributed by atoms with Gasteiger partial charge in [0.1, 0.15) is 0 Å². The van der Waals surface area contributed by atoms with Crippen molar-refractivity contribution in [2.45, 2.75) is 40.3 Å². The lowest BCUT2D eigenvalue weighted by atomic mass is 10.2. The van der Waals surface area contributed by atoms with Crippen molar-refractivity contribution in [3.05, 3.63) is 45.7 Å². The van der Waals surface area contributed by atoms with E-state index in [1.165, 1.54) is 11.3 Å². The average molecular weight is 322 g/mol. The molecule has 0 aliphatic rings. The fourth-order valence-electron chi connectivity index (χ4n) is 2.07. The maximum atomic E-state index is 4.57. The fourth-order valence-corrected chi connectivity index (χ4v) is 2.44. The number of rotatable bonds is 5. The van der Waals surface area contributed by atoms with Gasteiger partial charge in [0.05, 0.1) is 17.9 Å². The molecular weight excluding hydrogens is 302 g/mol. The highest BCUT2D eigenvalue weighted by molar-refractivity contribution is 9.10. The maximum Gasteiger partial charge on any atom is 0.0625 e. The van der Waals surface area contributed by atoms with E-state index in [0.29, 0.717) is 0 Å². The Balaban J connectivity index is 2.13. The minimum Gasteiger partial charge on any atom is -0.379 e. The second kappa shape index (κ2) is 6.24. The molecule has 0 amide bonds. The second-order valence-electron chi connectivity index (χ2n) is 4.61. The molecule has 3 nitrogen and oxygen atoms in total. The summed E-state index contributed by atoms with van der Waals surface area (Å²) in [5.74, 6) is 0. The summed E-state index contributed by atoms with van der Waals surface area (Å²) in [4.78, 5) is 0. The normalized spacial score (nSPS) is 10.7. The second-order valence-corrected chi connectivity index (χ2v) is 5.52. The molecule has 0 atom stereocenters. The van der Waals surface area contributed by atoms with Crippen molar-refractivity contribution in [3.8, 4) is 0 Å². The van der Waals surface area contributed by atoms with Crippen LogP contribution in [0.25, 0.3) is 0 Å². The van der Waals surface area contributed by atoms with E-state index in [-0.39, 0.29) is 0 Å². The molecule has 0 aliphatic carbocycles. The molecule has 0 spiro atoms. The molecule has 19 heavy (non-hydrogen) atoms. The minimum atomic E-state index is 0.804. The third kappa shape index (κ3) is 3.38. The number of hydrogen-bond acceptors (Lipinski definition) is 2. The van der Waals surface area contributed by atoms with E-state index in [1.54, 1.807) is 0 Å². The Kier molecular flexibility index (Phi) is 4.64. The summed E-state index contributed by atoms with van der Waals surface area (Å²) in [6.07, 6.45) is 0.982. The van der Waals surface area contributed by atoms with Crippen molar-refractivity contribution in [1.29, 1.82) is 0 Å². The van der Waals surface area contributed by atoms with Gasteiger partial charge in [0.2, 0.25) is 0 Å². The van der Waals surface area contributed by atoms with Crippen LogP contribution in [0.15, 0.2) is 28.7 Å². The van der Waals surface area contributed by atoms with E-state index in [9.17, 15) is 0 Å². The van der Waals surface area contributed by atoms with Crippen LogP contribution in [0.4, 0.5) is 5.69 Å². The van der Waals surface area contributed by atoms with Gasteiger partial charge >= 0.3 is 0 Å². The molecule has 0 aliphatic heterocycles. The monoisotopic (exact) mass is 321 g/mol. The number of aromatic nitrogens is 2. The molecule has 1 aromatic heterocycles. The average Bonchev–Trinajstić information content (AvgIpc) is 2.82. The number of halogens is 1. The lowest BCUT2D eigenvalue weighted by Crippen LogP contribution is -2.08. The van der Waals surface area contributed by atoms with Gasteiger partial charge in [0.25, 0.3) is 0 Å². The maximum absolute atomic E-state index is 4.57. The van der Waals surface area contributed by atoms with E-state index in [2.05, 4.69) is 76.1 Å². The molecule has 4 heteroatoms. The zero-order chi connectivity index (χ0) is 13.8. The van der Waals surface area contributed by atoms with Crippen LogP contribution in [0.3, 0.4) is 0 Å². The molecule has 0 unspecified atom stereocenters. The highest BCUT2D eigenvalue weighted by Crippen LogP contribution is 2.21. The Bertz CT molecular complexity index is 561. The van der Waals surface area contributed by atoms with Crippen molar-refractivity contribution in [1.82, 2.24) is 9.78 Å². The van der Waals surface area contributed by atoms with E-state index in [0.717, 1.165) is 35.4 Å². The summed E-state index contributed by atoms with van der Waals surface area (Å²) in [5.41, 5.74) is 4.81. The SMILES string of the molecule is CCc1cc(CNc2cc(Br)ccc2C)n(CC)n1. The minimum absolute atomic E-state index is 0.804. The van der Waals surface area contributed by atoms with Crippen LogP contribution < -0.4 is 5.32 Å². The number of benzene rings is 1. The zero-order valence-electron chi connectivity index (χ0n) is 11.7.